The Hall–Kier alpha value is -5.00. The largest absolute Gasteiger partial charge is 0.457 e. The number of aryl methyl sites for hydroxylation is 1. The minimum Gasteiger partial charge on any atom is -0.457 e. The Kier molecular flexibility index (Phi) is 9.07. The van der Waals surface area contributed by atoms with Gasteiger partial charge in [0.1, 0.15) is 41.1 Å². The summed E-state index contributed by atoms with van der Waals surface area (Å²) < 4.78 is 13.4. The molecule has 1 saturated heterocycles. The quantitative estimate of drug-likeness (QED) is 0.244. The van der Waals surface area contributed by atoms with Crippen LogP contribution in [0.25, 0.3) is 16.7 Å². The van der Waals surface area contributed by atoms with Gasteiger partial charge >= 0.3 is 6.09 Å². The van der Waals surface area contributed by atoms with Gasteiger partial charge in [0.25, 0.3) is 0 Å². The molecule has 0 atom stereocenters. The van der Waals surface area contributed by atoms with Crippen molar-refractivity contribution in [3.63, 3.8) is 0 Å². The van der Waals surface area contributed by atoms with E-state index >= 15 is 0 Å². The lowest BCUT2D eigenvalue weighted by Gasteiger charge is -2.26. The number of amides is 1. The average molecular weight is 598 g/mol. The molecule has 4 aromatic heterocycles. The van der Waals surface area contributed by atoms with Crippen LogP contribution in [0.1, 0.15) is 46.6 Å². The van der Waals surface area contributed by atoms with Crippen molar-refractivity contribution in [1.29, 1.82) is 0 Å². The van der Waals surface area contributed by atoms with Crippen LogP contribution in [0.4, 0.5) is 22.1 Å². The molecular formula is C32H39N9O3. The Morgan fingerprint density at radius 3 is 2.57 bits per heavy atom. The third-order valence-electron chi connectivity index (χ3n) is 6.86. The van der Waals surface area contributed by atoms with E-state index in [-0.39, 0.29) is 6.09 Å². The molecule has 6 rings (SSSR count). The van der Waals surface area contributed by atoms with Crippen LogP contribution >= 0.6 is 0 Å². The molecule has 0 radical (unpaired) electrons. The van der Waals surface area contributed by atoms with Crippen LogP contribution < -0.4 is 15.0 Å². The fraction of sp³-hybridized carbons (Fsp3) is 0.375. The van der Waals surface area contributed by atoms with Gasteiger partial charge in [-0.3, -0.25) is 0 Å². The number of aromatic nitrogens is 6. The van der Waals surface area contributed by atoms with E-state index in [2.05, 4.69) is 30.3 Å². The van der Waals surface area contributed by atoms with Crippen molar-refractivity contribution in [3.05, 3.63) is 66.9 Å². The molecule has 1 aliphatic rings. The van der Waals surface area contributed by atoms with Crippen molar-refractivity contribution >= 4 is 40.1 Å². The summed E-state index contributed by atoms with van der Waals surface area (Å²) in [6.07, 6.45) is 5.39. The first-order valence-electron chi connectivity index (χ1n) is 14.9. The molecule has 0 bridgehead atoms. The van der Waals surface area contributed by atoms with Gasteiger partial charge in [-0.05, 0) is 76.1 Å². The predicted octanol–water partition coefficient (Wildman–Crippen LogP) is 6.39. The maximum Gasteiger partial charge on any atom is 0.410 e. The molecule has 5 aromatic rings. The average Bonchev–Trinajstić information content (AvgIpc) is 3.33. The minimum absolute atomic E-state index is 0.279. The number of fused-ring (bicyclic) bond motifs is 2. The van der Waals surface area contributed by atoms with Gasteiger partial charge < -0.3 is 24.6 Å². The van der Waals surface area contributed by atoms with E-state index in [0.29, 0.717) is 42.4 Å². The number of anilines is 3. The van der Waals surface area contributed by atoms with E-state index in [1.807, 2.05) is 90.2 Å². The van der Waals surface area contributed by atoms with Gasteiger partial charge in [-0.1, -0.05) is 13.8 Å². The number of rotatable bonds is 5. The highest BCUT2D eigenvalue weighted by Gasteiger charge is 2.25. The van der Waals surface area contributed by atoms with Crippen molar-refractivity contribution in [2.45, 2.75) is 53.6 Å². The van der Waals surface area contributed by atoms with Gasteiger partial charge in [-0.2, -0.15) is 5.10 Å². The van der Waals surface area contributed by atoms with E-state index in [0.717, 1.165) is 41.3 Å². The first-order chi connectivity index (χ1) is 21.2. The SMILES string of the molecule is CC.Cc1cc(Nc2ncnc3ccc(N4CCCN(C(=O)OC(C)(C)C)CC4)nc23)ccc1Oc1ccn2ncnc2c1. The molecule has 12 nitrogen and oxygen atoms in total. The second-order valence-corrected chi connectivity index (χ2v) is 11.2. The van der Waals surface area contributed by atoms with Gasteiger partial charge in [0.2, 0.25) is 0 Å². The molecule has 1 amide bonds. The number of pyridine rings is 2. The summed E-state index contributed by atoms with van der Waals surface area (Å²) in [5, 5.41) is 7.53. The zero-order valence-corrected chi connectivity index (χ0v) is 26.1. The van der Waals surface area contributed by atoms with Gasteiger partial charge in [0, 0.05) is 44.1 Å². The molecule has 1 aliphatic heterocycles. The Balaban J connectivity index is 0.00000188. The van der Waals surface area contributed by atoms with Gasteiger partial charge in [-0.25, -0.2) is 29.2 Å². The molecule has 1 N–H and O–H groups in total. The summed E-state index contributed by atoms with van der Waals surface area (Å²) in [7, 11) is 0. The van der Waals surface area contributed by atoms with E-state index in [4.69, 9.17) is 14.5 Å². The topological polar surface area (TPSA) is 123 Å². The van der Waals surface area contributed by atoms with Crippen LogP contribution in [-0.4, -0.2) is 72.3 Å². The number of ether oxygens (including phenoxy) is 2. The lowest BCUT2D eigenvalue weighted by molar-refractivity contribution is 0.0263. The van der Waals surface area contributed by atoms with Crippen molar-refractivity contribution in [1.82, 2.24) is 34.4 Å². The molecule has 1 aromatic carbocycles. The van der Waals surface area contributed by atoms with Crippen LogP contribution in [0, 0.1) is 6.92 Å². The van der Waals surface area contributed by atoms with Gasteiger partial charge in [0.05, 0.1) is 5.52 Å². The number of nitrogens with zero attached hydrogens (tertiary/aromatic N) is 8. The van der Waals surface area contributed by atoms with Crippen molar-refractivity contribution < 1.29 is 14.3 Å². The zero-order chi connectivity index (χ0) is 31.3. The Labute approximate surface area is 257 Å². The molecule has 1 fully saturated rings. The van der Waals surface area contributed by atoms with E-state index in [1.54, 1.807) is 9.42 Å². The third kappa shape index (κ3) is 7.13. The second-order valence-electron chi connectivity index (χ2n) is 11.2. The van der Waals surface area contributed by atoms with Crippen LogP contribution in [0.2, 0.25) is 0 Å². The summed E-state index contributed by atoms with van der Waals surface area (Å²) in [5.41, 5.74) is 3.40. The third-order valence-corrected chi connectivity index (χ3v) is 6.86. The molecule has 5 heterocycles. The van der Waals surface area contributed by atoms with E-state index < -0.39 is 5.60 Å². The lowest BCUT2D eigenvalue weighted by atomic mass is 10.2. The summed E-state index contributed by atoms with van der Waals surface area (Å²) in [5.74, 6) is 2.84. The van der Waals surface area contributed by atoms with Crippen LogP contribution in [0.5, 0.6) is 11.5 Å². The van der Waals surface area contributed by atoms with E-state index in [1.165, 1.54) is 12.7 Å². The number of hydrogen-bond acceptors (Lipinski definition) is 10. The number of benzene rings is 1. The smallest absolute Gasteiger partial charge is 0.410 e. The monoisotopic (exact) mass is 597 g/mol. The fourth-order valence-electron chi connectivity index (χ4n) is 4.82. The van der Waals surface area contributed by atoms with Crippen molar-refractivity contribution in [2.24, 2.45) is 0 Å². The molecule has 0 aliphatic carbocycles. The molecular weight excluding hydrogens is 558 g/mol. The Morgan fingerprint density at radius 2 is 1.77 bits per heavy atom. The molecule has 0 saturated carbocycles. The van der Waals surface area contributed by atoms with Crippen molar-refractivity contribution in [2.75, 3.05) is 36.4 Å². The first kappa shape index (κ1) is 30.5. The summed E-state index contributed by atoms with van der Waals surface area (Å²) in [4.78, 5) is 34.6. The number of carbonyl (C=O) groups excluding carboxylic acids is 1. The Morgan fingerprint density at radius 1 is 0.932 bits per heavy atom. The molecule has 230 valence electrons. The van der Waals surface area contributed by atoms with Crippen LogP contribution in [0.15, 0.2) is 61.3 Å². The standard InChI is InChI=1S/C30H33N9O3.C2H6/c1-20-16-21(6-8-24(20)41-22-10-13-39-26(17-22)32-19-34-39)35-28-27-23(31-18-33-28)7-9-25(36-27)37-11-5-12-38(15-14-37)29(40)42-30(2,3)4;1-2/h6-10,13,16-19H,5,11-12,14-15H2,1-4H3,(H,31,33,35);1-2H3. The summed E-state index contributed by atoms with van der Waals surface area (Å²) >= 11 is 0. The Bertz CT molecular complexity index is 1750. The highest BCUT2D eigenvalue weighted by atomic mass is 16.6. The number of carbonyl (C=O) groups is 1. The van der Waals surface area contributed by atoms with Gasteiger partial charge in [0.15, 0.2) is 11.5 Å². The maximum atomic E-state index is 12.6. The summed E-state index contributed by atoms with van der Waals surface area (Å²) in [6, 6.07) is 13.5. The number of hydrogen-bond donors (Lipinski definition) is 1. The normalized spacial score (nSPS) is 13.7. The summed E-state index contributed by atoms with van der Waals surface area (Å²) in [6.45, 7) is 14.3. The zero-order valence-electron chi connectivity index (χ0n) is 26.1. The maximum absolute atomic E-state index is 12.6. The number of nitrogens with one attached hydrogen (secondary N) is 1. The molecule has 0 unspecified atom stereocenters. The highest BCUT2D eigenvalue weighted by Crippen LogP contribution is 2.30. The minimum atomic E-state index is -0.522. The van der Waals surface area contributed by atoms with Crippen LogP contribution in [0.3, 0.4) is 0 Å². The highest BCUT2D eigenvalue weighted by molar-refractivity contribution is 5.88. The molecule has 0 spiro atoms. The first-order valence-corrected chi connectivity index (χ1v) is 14.9. The van der Waals surface area contributed by atoms with Gasteiger partial charge in [-0.15, -0.1) is 0 Å². The van der Waals surface area contributed by atoms with E-state index in [9.17, 15) is 4.79 Å². The second kappa shape index (κ2) is 13.1. The van der Waals surface area contributed by atoms with Crippen LogP contribution in [-0.2, 0) is 4.74 Å². The fourth-order valence-corrected chi connectivity index (χ4v) is 4.82. The molecule has 44 heavy (non-hydrogen) atoms. The molecule has 12 heteroatoms. The van der Waals surface area contributed by atoms with Crippen molar-refractivity contribution in [3.8, 4) is 11.5 Å². The predicted molar refractivity (Wildman–Crippen MR) is 171 cm³/mol. The lowest BCUT2D eigenvalue weighted by Crippen LogP contribution is -2.39.